The van der Waals surface area contributed by atoms with E-state index in [9.17, 15) is 9.59 Å². The Balaban J connectivity index is 2.80. The lowest BCUT2D eigenvalue weighted by molar-refractivity contribution is -0.104. The van der Waals surface area contributed by atoms with Crippen molar-refractivity contribution in [1.82, 2.24) is 3.97 Å². The normalized spacial score (nSPS) is 10.4. The Kier molecular flexibility index (Phi) is 2.13. The smallest absolute Gasteiger partial charge is 0.243 e. The first-order valence-electron chi connectivity index (χ1n) is 4.03. The summed E-state index contributed by atoms with van der Waals surface area (Å²) < 4.78 is 1.38. The average Bonchev–Trinajstić information content (AvgIpc) is 2.53. The lowest BCUT2D eigenvalue weighted by Gasteiger charge is -1.95. The van der Waals surface area contributed by atoms with Gasteiger partial charge in [-0.1, -0.05) is 37.1 Å². The number of aldehydes is 1. The first-order valence-corrected chi connectivity index (χ1v) is 4.43. The van der Waals surface area contributed by atoms with Crippen LogP contribution < -0.4 is 0 Å². The zero-order valence-corrected chi connectivity index (χ0v) is 8.07. The van der Waals surface area contributed by atoms with Crippen LogP contribution in [0.1, 0.15) is 10.5 Å². The average molecular weight is 205 g/mol. The van der Waals surface area contributed by atoms with Crippen LogP contribution in [0, 0.1) is 0 Å². The van der Waals surface area contributed by atoms with Gasteiger partial charge in [-0.05, 0) is 0 Å². The molecule has 0 fully saturated rings. The molecule has 0 radical (unpaired) electrons. The summed E-state index contributed by atoms with van der Waals surface area (Å²) in [5.74, 6) is -0.554. The van der Waals surface area contributed by atoms with Crippen LogP contribution in [0.15, 0.2) is 30.5 Å². The zero-order chi connectivity index (χ0) is 10.1. The maximum Gasteiger partial charge on any atom is 0.243 e. The maximum absolute atomic E-state index is 11.3. The van der Waals surface area contributed by atoms with Gasteiger partial charge in [-0.25, -0.2) is 0 Å². The third kappa shape index (κ3) is 1.24. The van der Waals surface area contributed by atoms with E-state index >= 15 is 0 Å². The summed E-state index contributed by atoms with van der Waals surface area (Å²) in [5, 5.41) is 1.65. The van der Waals surface area contributed by atoms with Gasteiger partial charge >= 0.3 is 0 Å². The van der Waals surface area contributed by atoms with Crippen molar-refractivity contribution in [3.63, 3.8) is 0 Å². The minimum absolute atomic E-state index is 0.300. The van der Waals surface area contributed by atoms with Gasteiger partial charge < -0.3 is 0 Å². The highest BCUT2D eigenvalue weighted by atomic mass is 32.1. The van der Waals surface area contributed by atoms with Crippen molar-refractivity contribution in [2.75, 3.05) is 0 Å². The van der Waals surface area contributed by atoms with Crippen molar-refractivity contribution in [3.8, 4) is 0 Å². The molecule has 4 heteroatoms. The Labute approximate surface area is 85.9 Å². The fourth-order valence-electron chi connectivity index (χ4n) is 1.45. The molecule has 0 spiro atoms. The van der Waals surface area contributed by atoms with Gasteiger partial charge in [0.1, 0.15) is 5.69 Å². The second kappa shape index (κ2) is 3.31. The Morgan fingerprint density at radius 2 is 2.07 bits per heavy atom. The Morgan fingerprint density at radius 3 is 2.79 bits per heavy atom. The molecule has 2 aromatic rings. The van der Waals surface area contributed by atoms with Crippen LogP contribution in [0.3, 0.4) is 0 Å². The van der Waals surface area contributed by atoms with Gasteiger partial charge in [0, 0.05) is 17.0 Å². The van der Waals surface area contributed by atoms with Gasteiger partial charge in [0.05, 0.1) is 0 Å². The highest BCUT2D eigenvalue weighted by molar-refractivity contribution is 7.78. The fourth-order valence-corrected chi connectivity index (χ4v) is 1.78. The molecule has 0 aliphatic rings. The predicted molar refractivity (Wildman–Crippen MR) is 56.7 cm³/mol. The van der Waals surface area contributed by atoms with E-state index in [0.717, 1.165) is 10.8 Å². The van der Waals surface area contributed by atoms with Crippen molar-refractivity contribution >= 4 is 35.7 Å². The van der Waals surface area contributed by atoms with Crippen molar-refractivity contribution in [3.05, 3.63) is 36.2 Å². The minimum atomic E-state index is -0.554. The van der Waals surface area contributed by atoms with Crippen LogP contribution in [0.25, 0.3) is 10.8 Å². The number of fused-ring (bicyclic) bond motifs is 1. The molecule has 0 saturated heterocycles. The predicted octanol–water partition coefficient (Wildman–Crippen LogP) is 1.72. The quantitative estimate of drug-likeness (QED) is 0.351. The summed E-state index contributed by atoms with van der Waals surface area (Å²) in [6, 6.07) is 7.34. The monoisotopic (exact) mass is 205 g/mol. The molecule has 0 N–H and O–H groups in total. The van der Waals surface area contributed by atoms with E-state index in [4.69, 9.17) is 0 Å². The van der Waals surface area contributed by atoms with Crippen LogP contribution in [-0.2, 0) is 4.79 Å². The molecular formula is C10H7NO2S. The van der Waals surface area contributed by atoms with Gasteiger partial charge in [-0.2, -0.15) is 0 Å². The number of hydrogen-bond donors (Lipinski definition) is 1. The lowest BCUT2D eigenvalue weighted by atomic mass is 10.1. The van der Waals surface area contributed by atoms with Crippen molar-refractivity contribution in [1.29, 1.82) is 0 Å². The lowest BCUT2D eigenvalue weighted by Crippen LogP contribution is -2.03. The van der Waals surface area contributed by atoms with Gasteiger partial charge in [0.15, 0.2) is 6.29 Å². The number of benzene rings is 1. The fraction of sp³-hybridized carbons (Fsp3) is 0. The molecule has 0 bridgehead atoms. The van der Waals surface area contributed by atoms with Crippen LogP contribution in [-0.4, -0.2) is 16.0 Å². The Hall–Kier alpha value is -1.55. The van der Waals surface area contributed by atoms with E-state index in [1.807, 2.05) is 18.2 Å². The second-order valence-electron chi connectivity index (χ2n) is 2.89. The molecule has 2 rings (SSSR count). The van der Waals surface area contributed by atoms with Crippen LogP contribution in [0.5, 0.6) is 0 Å². The third-order valence-corrected chi connectivity index (χ3v) is 2.36. The summed E-state index contributed by atoms with van der Waals surface area (Å²) in [6.45, 7) is 0. The summed E-state index contributed by atoms with van der Waals surface area (Å²) in [5.41, 5.74) is 0.318. The number of hydrogen-bond acceptors (Lipinski definition) is 3. The van der Waals surface area contributed by atoms with E-state index in [1.165, 1.54) is 3.97 Å². The van der Waals surface area contributed by atoms with Gasteiger partial charge in [-0.15, -0.1) is 0 Å². The summed E-state index contributed by atoms with van der Waals surface area (Å²) in [7, 11) is 0. The molecule has 0 amide bonds. The zero-order valence-electron chi connectivity index (χ0n) is 7.18. The highest BCUT2D eigenvalue weighted by Crippen LogP contribution is 2.21. The molecule has 1 heterocycles. The van der Waals surface area contributed by atoms with Crippen molar-refractivity contribution in [2.45, 2.75) is 0 Å². The molecule has 0 atom stereocenters. The summed E-state index contributed by atoms with van der Waals surface area (Å²) >= 11 is 4.09. The van der Waals surface area contributed by atoms with Crippen molar-refractivity contribution in [2.24, 2.45) is 0 Å². The molecule has 1 aromatic heterocycles. The maximum atomic E-state index is 11.3. The molecule has 1 aromatic carbocycles. The summed E-state index contributed by atoms with van der Waals surface area (Å²) in [4.78, 5) is 21.7. The minimum Gasteiger partial charge on any atom is -0.294 e. The van der Waals surface area contributed by atoms with Crippen LogP contribution in [0.4, 0.5) is 0 Å². The standard InChI is InChI=1S/C10H7NO2S/c12-6-9(13)10-8-4-2-1-3-7(8)5-11(10)14/h1-6,14H. The largest absolute Gasteiger partial charge is 0.294 e. The SMILES string of the molecule is O=CC(=O)c1c2ccccc2cn1S. The van der Waals surface area contributed by atoms with E-state index < -0.39 is 5.78 Å². The molecule has 0 unspecified atom stereocenters. The third-order valence-electron chi connectivity index (χ3n) is 2.05. The molecule has 70 valence electrons. The van der Waals surface area contributed by atoms with Gasteiger partial charge in [0.2, 0.25) is 5.78 Å². The number of rotatable bonds is 2. The highest BCUT2D eigenvalue weighted by Gasteiger charge is 2.13. The van der Waals surface area contributed by atoms with Crippen LogP contribution in [0.2, 0.25) is 0 Å². The number of aromatic nitrogens is 1. The first kappa shape index (κ1) is 9.02. The number of carbonyl (C=O) groups excluding carboxylic acids is 2. The summed E-state index contributed by atoms with van der Waals surface area (Å²) in [6.07, 6.45) is 2.00. The van der Waals surface area contributed by atoms with Gasteiger partial charge in [-0.3, -0.25) is 13.6 Å². The number of ketones is 1. The Bertz CT molecular complexity index is 516. The number of carbonyl (C=O) groups is 2. The molecule has 0 saturated carbocycles. The number of thiol groups is 1. The number of Topliss-reactive ketones (excluding diaryl/α,β-unsaturated/α-hetero) is 1. The molecule has 3 nitrogen and oxygen atoms in total. The molecule has 0 aliphatic heterocycles. The first-order chi connectivity index (χ1) is 6.74. The molecule has 0 aliphatic carbocycles. The van der Waals surface area contributed by atoms with E-state index in [2.05, 4.69) is 12.8 Å². The molecule has 14 heavy (non-hydrogen) atoms. The Morgan fingerprint density at radius 1 is 1.36 bits per heavy atom. The van der Waals surface area contributed by atoms with Crippen molar-refractivity contribution < 1.29 is 9.59 Å². The topological polar surface area (TPSA) is 39.1 Å². The van der Waals surface area contributed by atoms with Gasteiger partial charge in [0.25, 0.3) is 0 Å². The molecular weight excluding hydrogens is 198 g/mol. The second-order valence-corrected chi connectivity index (χ2v) is 3.32. The number of nitrogens with zero attached hydrogens (tertiary/aromatic N) is 1. The van der Waals surface area contributed by atoms with Crippen LogP contribution >= 0.6 is 12.8 Å². The van der Waals surface area contributed by atoms with E-state index in [1.54, 1.807) is 12.3 Å². The van der Waals surface area contributed by atoms with E-state index in [-0.39, 0.29) is 0 Å². The van der Waals surface area contributed by atoms with E-state index in [0.29, 0.717) is 12.0 Å².